The average Bonchev–Trinajstić information content (AvgIpc) is 2.60. The van der Waals surface area contributed by atoms with Gasteiger partial charge in [0.15, 0.2) is 0 Å². The molecule has 0 bridgehead atoms. The summed E-state index contributed by atoms with van der Waals surface area (Å²) in [5, 5.41) is 31.9. The molecule has 1 aliphatic carbocycles. The van der Waals surface area contributed by atoms with Gasteiger partial charge in [0.2, 0.25) is 0 Å². The van der Waals surface area contributed by atoms with E-state index in [9.17, 15) is 15.3 Å². The molecule has 2 aromatic rings. The first-order valence-electron chi connectivity index (χ1n) is 9.19. The third-order valence-electron chi connectivity index (χ3n) is 4.87. The van der Waals surface area contributed by atoms with E-state index in [4.69, 9.17) is 9.47 Å². The SMILES string of the molecule is CCCOc1cc(O)c2c(c1)OC(c1ccc(O)c([O-])c1)=CC2=C1CCC1.[Na+]. The second kappa shape index (κ2) is 8.52. The number of phenols is 2. The van der Waals surface area contributed by atoms with E-state index in [-0.39, 0.29) is 41.1 Å². The fraction of sp³-hybridized carbons (Fsp3) is 0.273. The molecule has 1 aliphatic heterocycles. The summed E-state index contributed by atoms with van der Waals surface area (Å²) in [6.07, 6.45) is 5.82. The molecule has 0 aromatic heterocycles. The van der Waals surface area contributed by atoms with E-state index >= 15 is 0 Å². The van der Waals surface area contributed by atoms with Crippen LogP contribution in [0.4, 0.5) is 0 Å². The van der Waals surface area contributed by atoms with E-state index in [0.717, 1.165) is 31.3 Å². The summed E-state index contributed by atoms with van der Waals surface area (Å²) in [6, 6.07) is 7.76. The summed E-state index contributed by atoms with van der Waals surface area (Å²) in [7, 11) is 0. The molecule has 0 saturated heterocycles. The monoisotopic (exact) mass is 388 g/mol. The van der Waals surface area contributed by atoms with E-state index in [1.165, 1.54) is 17.7 Å². The second-order valence-electron chi connectivity index (χ2n) is 6.83. The van der Waals surface area contributed by atoms with Crippen molar-refractivity contribution in [3.05, 3.63) is 53.1 Å². The van der Waals surface area contributed by atoms with Gasteiger partial charge in [0.25, 0.3) is 0 Å². The van der Waals surface area contributed by atoms with Crippen LogP contribution >= 0.6 is 0 Å². The number of rotatable bonds is 4. The summed E-state index contributed by atoms with van der Waals surface area (Å²) in [5.74, 6) is 0.945. The number of hydrogen-bond acceptors (Lipinski definition) is 5. The largest absolute Gasteiger partial charge is 1.00 e. The van der Waals surface area contributed by atoms with Gasteiger partial charge < -0.3 is 24.8 Å². The number of allylic oxidation sites excluding steroid dienone is 3. The topological polar surface area (TPSA) is 82.0 Å². The third-order valence-corrected chi connectivity index (χ3v) is 4.87. The van der Waals surface area contributed by atoms with Crippen molar-refractivity contribution >= 4 is 11.3 Å². The van der Waals surface area contributed by atoms with Crippen molar-refractivity contribution < 1.29 is 54.4 Å². The summed E-state index contributed by atoms with van der Waals surface area (Å²) in [4.78, 5) is 0. The van der Waals surface area contributed by atoms with E-state index in [2.05, 4.69) is 0 Å². The Labute approximate surface area is 186 Å². The predicted molar refractivity (Wildman–Crippen MR) is 101 cm³/mol. The van der Waals surface area contributed by atoms with Gasteiger partial charge >= 0.3 is 29.6 Å². The molecule has 0 atom stereocenters. The zero-order valence-electron chi connectivity index (χ0n) is 16.1. The summed E-state index contributed by atoms with van der Waals surface area (Å²) >= 11 is 0. The van der Waals surface area contributed by atoms with Crippen LogP contribution in [0.5, 0.6) is 28.7 Å². The van der Waals surface area contributed by atoms with Gasteiger partial charge in [0.1, 0.15) is 28.8 Å². The Hall–Kier alpha value is -2.08. The van der Waals surface area contributed by atoms with Crippen molar-refractivity contribution in [2.24, 2.45) is 0 Å². The summed E-state index contributed by atoms with van der Waals surface area (Å²) in [5.41, 5.74) is 3.45. The molecule has 140 valence electrons. The molecule has 6 heteroatoms. The zero-order chi connectivity index (χ0) is 19.0. The number of fused-ring (bicyclic) bond motifs is 1. The van der Waals surface area contributed by atoms with Crippen molar-refractivity contribution in [3.63, 3.8) is 0 Å². The van der Waals surface area contributed by atoms with Crippen LogP contribution in [0.15, 0.2) is 42.0 Å². The second-order valence-corrected chi connectivity index (χ2v) is 6.83. The molecule has 1 saturated carbocycles. The van der Waals surface area contributed by atoms with Crippen LogP contribution in [0.3, 0.4) is 0 Å². The van der Waals surface area contributed by atoms with Gasteiger partial charge in [-0.15, -0.1) is 0 Å². The zero-order valence-corrected chi connectivity index (χ0v) is 18.1. The van der Waals surface area contributed by atoms with Crippen molar-refractivity contribution in [3.8, 4) is 28.7 Å². The number of phenolic OH excluding ortho intramolecular Hbond substituents is 2. The van der Waals surface area contributed by atoms with Gasteiger partial charge in [-0.25, -0.2) is 0 Å². The van der Waals surface area contributed by atoms with Crippen molar-refractivity contribution in [1.82, 2.24) is 0 Å². The maximum atomic E-state index is 11.8. The van der Waals surface area contributed by atoms with Crippen LogP contribution in [0.2, 0.25) is 0 Å². The van der Waals surface area contributed by atoms with Gasteiger partial charge in [-0.1, -0.05) is 24.3 Å². The molecule has 2 N–H and O–H groups in total. The molecule has 0 unspecified atom stereocenters. The van der Waals surface area contributed by atoms with Gasteiger partial charge in [0, 0.05) is 17.7 Å². The first-order chi connectivity index (χ1) is 13.1. The smallest absolute Gasteiger partial charge is 0.870 e. The van der Waals surface area contributed by atoms with E-state index in [1.807, 2.05) is 13.0 Å². The molecule has 4 rings (SSSR count). The van der Waals surface area contributed by atoms with E-state index in [1.54, 1.807) is 18.2 Å². The van der Waals surface area contributed by atoms with Gasteiger partial charge in [0.05, 0.1) is 12.2 Å². The summed E-state index contributed by atoms with van der Waals surface area (Å²) < 4.78 is 11.7. The van der Waals surface area contributed by atoms with Crippen molar-refractivity contribution in [2.75, 3.05) is 6.61 Å². The standard InChI is InChI=1S/C22H22O5.Na/c1-2-8-26-15-10-19(25)22-16(13-4-3-5-13)12-20(27-21(22)11-15)14-6-7-17(23)18(24)9-14;/h6-7,9-12,23-25H,2-5,8H2,1H3;/q;+1/p-1. The van der Waals surface area contributed by atoms with Gasteiger partial charge in [-0.3, -0.25) is 0 Å². The first-order valence-corrected chi connectivity index (χ1v) is 9.19. The fourth-order valence-corrected chi connectivity index (χ4v) is 3.29. The van der Waals surface area contributed by atoms with Gasteiger partial charge in [-0.05, 0) is 49.5 Å². The number of aromatic hydroxyl groups is 2. The van der Waals surface area contributed by atoms with Crippen LogP contribution in [0.1, 0.15) is 43.7 Å². The molecule has 28 heavy (non-hydrogen) atoms. The van der Waals surface area contributed by atoms with Crippen LogP contribution in [0.25, 0.3) is 11.3 Å². The van der Waals surface area contributed by atoms with Crippen LogP contribution < -0.4 is 44.1 Å². The molecule has 2 aliphatic rings. The van der Waals surface area contributed by atoms with Crippen molar-refractivity contribution in [1.29, 1.82) is 0 Å². The molecule has 5 nitrogen and oxygen atoms in total. The Morgan fingerprint density at radius 2 is 1.89 bits per heavy atom. The normalized spacial score (nSPS) is 15.0. The van der Waals surface area contributed by atoms with Crippen molar-refractivity contribution in [2.45, 2.75) is 32.6 Å². The molecular weight excluding hydrogens is 367 g/mol. The number of ether oxygens (including phenoxy) is 2. The first kappa shape index (κ1) is 20.6. The minimum atomic E-state index is -0.455. The van der Waals surface area contributed by atoms with Crippen LogP contribution in [-0.2, 0) is 0 Å². The Balaban J connectivity index is 0.00000225. The molecule has 0 radical (unpaired) electrons. The quantitative estimate of drug-likeness (QED) is 0.773. The Bertz CT molecular complexity index is 956. The average molecular weight is 388 g/mol. The van der Waals surface area contributed by atoms with Crippen LogP contribution in [0, 0.1) is 0 Å². The maximum absolute atomic E-state index is 11.8. The van der Waals surface area contributed by atoms with E-state index < -0.39 is 5.75 Å². The molecule has 0 spiro atoms. The summed E-state index contributed by atoms with van der Waals surface area (Å²) in [6.45, 7) is 2.56. The molecule has 2 aromatic carbocycles. The Kier molecular flexibility index (Phi) is 6.28. The molecule has 1 fully saturated rings. The Morgan fingerprint density at radius 1 is 1.11 bits per heavy atom. The van der Waals surface area contributed by atoms with E-state index in [0.29, 0.717) is 35.0 Å². The minimum Gasteiger partial charge on any atom is -0.870 e. The number of hydrogen-bond donors (Lipinski definition) is 2. The Morgan fingerprint density at radius 3 is 2.54 bits per heavy atom. The maximum Gasteiger partial charge on any atom is 1.00 e. The van der Waals surface area contributed by atoms with Gasteiger partial charge in [-0.2, -0.15) is 0 Å². The fourth-order valence-electron chi connectivity index (χ4n) is 3.29. The third kappa shape index (κ3) is 3.88. The molecule has 1 heterocycles. The molecular formula is C22H21NaO5. The number of benzene rings is 2. The minimum absolute atomic E-state index is 0. The van der Waals surface area contributed by atoms with Crippen LogP contribution in [-0.4, -0.2) is 16.8 Å². The predicted octanol–water partition coefficient (Wildman–Crippen LogP) is 1.34. The molecule has 0 amide bonds.